The first-order chi connectivity index (χ1) is 9.88. The molecule has 0 saturated heterocycles. The quantitative estimate of drug-likeness (QED) is 0.679. The molecule has 1 N–H and O–H groups in total. The lowest BCUT2D eigenvalue weighted by Crippen LogP contribution is -2.41. The molecule has 0 radical (unpaired) electrons. The molecule has 0 spiro atoms. The number of nitrogens with zero attached hydrogens (tertiary/aromatic N) is 4. The average molecular weight is 269 g/mol. The maximum Gasteiger partial charge on any atom is 0.198 e. The highest BCUT2D eigenvalue weighted by Gasteiger charge is 2.21. The minimum absolute atomic E-state index is 0.835. The Morgan fingerprint density at radius 2 is 2.30 bits per heavy atom. The summed E-state index contributed by atoms with van der Waals surface area (Å²) in [7, 11) is 1.83. The molecular formula is C15H19N5. The number of aromatic nitrogens is 2. The van der Waals surface area contributed by atoms with E-state index in [2.05, 4.69) is 49.0 Å². The Labute approximate surface area is 119 Å². The molecule has 0 fully saturated rings. The van der Waals surface area contributed by atoms with E-state index in [1.165, 1.54) is 11.3 Å². The van der Waals surface area contributed by atoms with Gasteiger partial charge in [0.2, 0.25) is 0 Å². The van der Waals surface area contributed by atoms with Crippen molar-refractivity contribution in [1.82, 2.24) is 14.9 Å². The van der Waals surface area contributed by atoms with Crippen molar-refractivity contribution in [2.75, 3.05) is 25.0 Å². The highest BCUT2D eigenvalue weighted by molar-refractivity contribution is 5.97. The minimum Gasteiger partial charge on any atom is -0.354 e. The molecule has 5 nitrogen and oxygen atoms in total. The van der Waals surface area contributed by atoms with E-state index in [1.54, 1.807) is 6.20 Å². The molecule has 20 heavy (non-hydrogen) atoms. The number of benzene rings is 1. The van der Waals surface area contributed by atoms with Gasteiger partial charge in [-0.3, -0.25) is 4.99 Å². The number of guanidine groups is 1. The highest BCUT2D eigenvalue weighted by atomic mass is 15.3. The molecule has 0 aliphatic carbocycles. The zero-order valence-electron chi connectivity index (χ0n) is 11.7. The van der Waals surface area contributed by atoms with Gasteiger partial charge in [0, 0.05) is 44.8 Å². The smallest absolute Gasteiger partial charge is 0.198 e. The van der Waals surface area contributed by atoms with Crippen LogP contribution in [-0.4, -0.2) is 35.6 Å². The van der Waals surface area contributed by atoms with Gasteiger partial charge in [0.1, 0.15) is 0 Å². The first-order valence-corrected chi connectivity index (χ1v) is 6.90. The van der Waals surface area contributed by atoms with Crippen LogP contribution < -0.4 is 10.2 Å². The summed E-state index contributed by atoms with van der Waals surface area (Å²) in [4.78, 5) is 10.7. The Morgan fingerprint density at radius 1 is 1.40 bits per heavy atom. The Hall–Kier alpha value is -2.30. The Bertz CT molecular complexity index is 588. The molecule has 0 unspecified atom stereocenters. The summed E-state index contributed by atoms with van der Waals surface area (Å²) in [5.41, 5.74) is 2.66. The Kier molecular flexibility index (Phi) is 3.67. The fraction of sp³-hybridized carbons (Fsp3) is 0.333. The van der Waals surface area contributed by atoms with Gasteiger partial charge in [-0.2, -0.15) is 0 Å². The van der Waals surface area contributed by atoms with E-state index in [9.17, 15) is 0 Å². The summed E-state index contributed by atoms with van der Waals surface area (Å²) >= 11 is 0. The minimum atomic E-state index is 0.835. The van der Waals surface area contributed by atoms with Crippen molar-refractivity contribution in [3.8, 4) is 0 Å². The highest BCUT2D eigenvalue weighted by Crippen LogP contribution is 2.27. The standard InChI is InChI=1S/C15H19N5/c1-16-15(18-8-11-19-10-7-17-12-19)20-9-6-13-4-2-3-5-14(13)20/h2-5,7,10,12H,6,8-9,11H2,1H3,(H,16,18). The first-order valence-electron chi connectivity index (χ1n) is 6.90. The molecule has 0 atom stereocenters. The molecule has 0 bridgehead atoms. The first kappa shape index (κ1) is 12.7. The van der Waals surface area contributed by atoms with Gasteiger partial charge in [0.25, 0.3) is 0 Å². The molecule has 2 aromatic rings. The van der Waals surface area contributed by atoms with E-state index in [0.29, 0.717) is 0 Å². The van der Waals surface area contributed by atoms with E-state index in [-0.39, 0.29) is 0 Å². The van der Waals surface area contributed by atoms with Crippen LogP contribution in [0.1, 0.15) is 5.56 Å². The van der Waals surface area contributed by atoms with E-state index in [1.807, 2.05) is 19.6 Å². The van der Waals surface area contributed by atoms with Crippen LogP contribution >= 0.6 is 0 Å². The number of aliphatic imine (C=N–C) groups is 1. The van der Waals surface area contributed by atoms with Gasteiger partial charge in [-0.15, -0.1) is 0 Å². The summed E-state index contributed by atoms with van der Waals surface area (Å²) in [5, 5.41) is 3.42. The zero-order chi connectivity index (χ0) is 13.8. The lowest BCUT2D eigenvalue weighted by atomic mass is 10.2. The second kappa shape index (κ2) is 5.77. The van der Waals surface area contributed by atoms with Crippen LogP contribution in [0.5, 0.6) is 0 Å². The monoisotopic (exact) mass is 269 g/mol. The van der Waals surface area contributed by atoms with Crippen molar-refractivity contribution >= 4 is 11.6 Å². The molecule has 5 heteroatoms. The number of nitrogens with one attached hydrogen (secondary N) is 1. The van der Waals surface area contributed by atoms with Gasteiger partial charge in [-0.25, -0.2) is 4.98 Å². The van der Waals surface area contributed by atoms with E-state index in [4.69, 9.17) is 0 Å². The molecule has 1 aromatic heterocycles. The number of anilines is 1. The summed E-state index contributed by atoms with van der Waals surface area (Å²) < 4.78 is 2.05. The molecule has 1 aliphatic rings. The van der Waals surface area contributed by atoms with Gasteiger partial charge < -0.3 is 14.8 Å². The molecule has 2 heterocycles. The lowest BCUT2D eigenvalue weighted by molar-refractivity contribution is 0.668. The molecular weight excluding hydrogens is 250 g/mol. The number of hydrogen-bond acceptors (Lipinski definition) is 2. The van der Waals surface area contributed by atoms with E-state index in [0.717, 1.165) is 32.0 Å². The second-order valence-corrected chi connectivity index (χ2v) is 4.80. The van der Waals surface area contributed by atoms with Crippen molar-refractivity contribution < 1.29 is 0 Å². The zero-order valence-corrected chi connectivity index (χ0v) is 11.7. The molecule has 104 valence electrons. The Morgan fingerprint density at radius 3 is 3.10 bits per heavy atom. The van der Waals surface area contributed by atoms with Crippen LogP contribution in [0.3, 0.4) is 0 Å². The van der Waals surface area contributed by atoms with Gasteiger partial charge in [0.05, 0.1) is 6.33 Å². The maximum absolute atomic E-state index is 4.39. The largest absolute Gasteiger partial charge is 0.354 e. The average Bonchev–Trinajstić information content (AvgIpc) is 3.13. The normalized spacial score (nSPS) is 14.4. The van der Waals surface area contributed by atoms with Crippen molar-refractivity contribution in [3.05, 3.63) is 48.5 Å². The predicted molar refractivity (Wildman–Crippen MR) is 81.1 cm³/mol. The van der Waals surface area contributed by atoms with Crippen LogP contribution in [-0.2, 0) is 13.0 Å². The fourth-order valence-electron chi connectivity index (χ4n) is 2.57. The van der Waals surface area contributed by atoms with Gasteiger partial charge >= 0.3 is 0 Å². The predicted octanol–water partition coefficient (Wildman–Crippen LogP) is 1.52. The van der Waals surface area contributed by atoms with Crippen LogP contribution in [0.4, 0.5) is 5.69 Å². The van der Waals surface area contributed by atoms with Gasteiger partial charge in [-0.05, 0) is 18.1 Å². The van der Waals surface area contributed by atoms with Crippen molar-refractivity contribution in [2.45, 2.75) is 13.0 Å². The van der Waals surface area contributed by atoms with Crippen LogP contribution in [0.15, 0.2) is 48.0 Å². The molecule has 0 saturated carbocycles. The number of hydrogen-bond donors (Lipinski definition) is 1. The number of rotatable bonds is 3. The number of imidazole rings is 1. The maximum atomic E-state index is 4.39. The van der Waals surface area contributed by atoms with Gasteiger partial charge in [0.15, 0.2) is 5.96 Å². The topological polar surface area (TPSA) is 45.5 Å². The SMILES string of the molecule is CN=C(NCCn1ccnc1)N1CCc2ccccc21. The summed E-state index contributed by atoms with van der Waals surface area (Å²) in [6.45, 7) is 2.71. The molecule has 1 aromatic carbocycles. The van der Waals surface area contributed by atoms with E-state index >= 15 is 0 Å². The molecule has 3 rings (SSSR count). The van der Waals surface area contributed by atoms with Crippen molar-refractivity contribution in [3.63, 3.8) is 0 Å². The Balaban J connectivity index is 1.63. The third kappa shape index (κ3) is 2.52. The third-order valence-electron chi connectivity index (χ3n) is 3.57. The summed E-state index contributed by atoms with van der Waals surface area (Å²) in [5.74, 6) is 0.940. The van der Waals surface area contributed by atoms with Crippen LogP contribution in [0.25, 0.3) is 0 Å². The number of fused-ring (bicyclic) bond motifs is 1. The van der Waals surface area contributed by atoms with E-state index < -0.39 is 0 Å². The molecule has 1 aliphatic heterocycles. The summed E-state index contributed by atoms with van der Waals surface area (Å²) in [6, 6.07) is 8.52. The number of para-hydroxylation sites is 1. The lowest BCUT2D eigenvalue weighted by Gasteiger charge is -2.22. The van der Waals surface area contributed by atoms with Crippen LogP contribution in [0.2, 0.25) is 0 Å². The van der Waals surface area contributed by atoms with Crippen LogP contribution in [0, 0.1) is 0 Å². The summed E-state index contributed by atoms with van der Waals surface area (Å²) in [6.07, 6.45) is 6.68. The second-order valence-electron chi connectivity index (χ2n) is 4.80. The molecule has 0 amide bonds. The fourth-order valence-corrected chi connectivity index (χ4v) is 2.57. The van der Waals surface area contributed by atoms with Gasteiger partial charge in [-0.1, -0.05) is 18.2 Å². The third-order valence-corrected chi connectivity index (χ3v) is 3.57. The van der Waals surface area contributed by atoms with Crippen molar-refractivity contribution in [2.24, 2.45) is 4.99 Å². The van der Waals surface area contributed by atoms with Crippen molar-refractivity contribution in [1.29, 1.82) is 0 Å².